The first-order valence-corrected chi connectivity index (χ1v) is 14.3. The summed E-state index contributed by atoms with van der Waals surface area (Å²) >= 11 is 22.3. The summed E-state index contributed by atoms with van der Waals surface area (Å²) in [6.45, 7) is 0. The fourth-order valence-electron chi connectivity index (χ4n) is 4.34. The first-order valence-electron chi connectivity index (χ1n) is 12.3. The van der Waals surface area contributed by atoms with Crippen molar-refractivity contribution in [3.63, 3.8) is 0 Å². The van der Waals surface area contributed by atoms with Crippen LogP contribution in [0.25, 0.3) is 16.9 Å². The molecule has 2 N–H and O–H groups in total. The number of anilines is 4. The Balaban J connectivity index is 1.43. The van der Waals surface area contributed by atoms with Crippen LogP contribution in [0.3, 0.4) is 0 Å². The van der Waals surface area contributed by atoms with Gasteiger partial charge in [0.25, 0.3) is 5.56 Å². The molecule has 0 aliphatic heterocycles. The van der Waals surface area contributed by atoms with Crippen LogP contribution in [-0.4, -0.2) is 14.5 Å². The molecule has 0 spiro atoms. The van der Waals surface area contributed by atoms with E-state index in [9.17, 15) is 4.79 Å². The summed E-state index contributed by atoms with van der Waals surface area (Å²) in [6.07, 6.45) is 1.72. The molecular formula is C30H19BrCl3N5O2. The van der Waals surface area contributed by atoms with E-state index in [1.165, 1.54) is 10.8 Å². The minimum Gasteiger partial charge on any atom is -0.429 e. The summed E-state index contributed by atoms with van der Waals surface area (Å²) in [5, 5.41) is 8.51. The van der Waals surface area contributed by atoms with Crippen molar-refractivity contribution in [2.45, 2.75) is 6.42 Å². The van der Waals surface area contributed by atoms with Gasteiger partial charge in [-0.25, -0.2) is 9.55 Å². The molecule has 41 heavy (non-hydrogen) atoms. The summed E-state index contributed by atoms with van der Waals surface area (Å²) in [4.78, 5) is 23.3. The summed E-state index contributed by atoms with van der Waals surface area (Å²) in [7, 11) is 0. The Labute approximate surface area is 257 Å². The maximum atomic E-state index is 13.9. The lowest BCUT2D eigenvalue weighted by Crippen LogP contribution is -2.24. The third-order valence-corrected chi connectivity index (χ3v) is 7.66. The molecule has 4 aromatic carbocycles. The van der Waals surface area contributed by atoms with Crippen molar-refractivity contribution in [2.75, 3.05) is 10.6 Å². The van der Waals surface area contributed by atoms with Crippen LogP contribution < -0.4 is 16.2 Å². The van der Waals surface area contributed by atoms with Crippen molar-refractivity contribution in [3.05, 3.63) is 132 Å². The molecule has 7 nitrogen and oxygen atoms in total. The normalized spacial score (nSPS) is 11.1. The quantitative estimate of drug-likeness (QED) is 0.177. The predicted molar refractivity (Wildman–Crippen MR) is 169 cm³/mol. The van der Waals surface area contributed by atoms with Crippen molar-refractivity contribution < 1.29 is 4.42 Å². The molecule has 0 bridgehead atoms. The molecule has 2 aromatic heterocycles. The number of rotatable bonds is 7. The molecule has 0 aliphatic rings. The standard InChI is InChI=1S/C30H19BrCl3N5O2/c31-18-8-13-25-21(15-18)29(40)39(30-38-26(16-41-30)35-20-11-9-19(32)10-12-20)27(36-25)14-17-4-1-2-7-24(17)37-28-22(33)5-3-6-23(28)34/h1-13,15-16,35,37H,14H2. The Morgan fingerprint density at radius 1 is 0.854 bits per heavy atom. The maximum absolute atomic E-state index is 13.9. The molecule has 0 unspecified atom stereocenters. The zero-order valence-corrected chi connectivity index (χ0v) is 24.9. The molecule has 0 saturated heterocycles. The van der Waals surface area contributed by atoms with Crippen LogP contribution in [-0.2, 0) is 6.42 Å². The van der Waals surface area contributed by atoms with Crippen LogP contribution in [0, 0.1) is 0 Å². The van der Waals surface area contributed by atoms with Gasteiger partial charge in [0, 0.05) is 27.3 Å². The summed E-state index contributed by atoms with van der Waals surface area (Å²) in [5.74, 6) is 0.856. The number of aromatic nitrogens is 3. The molecule has 6 rings (SSSR count). The average Bonchev–Trinajstić information content (AvgIpc) is 3.41. The molecule has 0 saturated carbocycles. The van der Waals surface area contributed by atoms with E-state index in [0.29, 0.717) is 43.3 Å². The van der Waals surface area contributed by atoms with Crippen molar-refractivity contribution in [1.29, 1.82) is 0 Å². The van der Waals surface area contributed by atoms with E-state index in [2.05, 4.69) is 31.5 Å². The number of para-hydroxylation sites is 2. The largest absolute Gasteiger partial charge is 0.429 e. The number of hydrogen-bond acceptors (Lipinski definition) is 6. The summed E-state index contributed by atoms with van der Waals surface area (Å²) in [5.41, 5.74) is 3.20. The van der Waals surface area contributed by atoms with Gasteiger partial charge < -0.3 is 15.1 Å². The Morgan fingerprint density at radius 3 is 2.39 bits per heavy atom. The Hall–Kier alpha value is -3.82. The van der Waals surface area contributed by atoms with Gasteiger partial charge in [0.2, 0.25) is 0 Å². The Bertz CT molecular complexity index is 1940. The molecule has 0 fully saturated rings. The topological polar surface area (TPSA) is 85.0 Å². The summed E-state index contributed by atoms with van der Waals surface area (Å²) in [6, 6.07) is 25.6. The minimum atomic E-state index is -0.314. The highest BCUT2D eigenvalue weighted by atomic mass is 79.9. The molecule has 204 valence electrons. The lowest BCUT2D eigenvalue weighted by atomic mass is 10.1. The van der Waals surface area contributed by atoms with Crippen LogP contribution in [0.4, 0.5) is 22.9 Å². The molecule has 0 radical (unpaired) electrons. The van der Waals surface area contributed by atoms with E-state index >= 15 is 0 Å². The van der Waals surface area contributed by atoms with E-state index in [1.54, 1.807) is 42.5 Å². The van der Waals surface area contributed by atoms with Gasteiger partial charge in [-0.15, -0.1) is 0 Å². The lowest BCUT2D eigenvalue weighted by Gasteiger charge is -2.16. The van der Waals surface area contributed by atoms with Gasteiger partial charge in [0.1, 0.15) is 12.1 Å². The lowest BCUT2D eigenvalue weighted by molar-refractivity contribution is 0.515. The number of fused-ring (bicyclic) bond motifs is 1. The molecule has 0 aliphatic carbocycles. The zero-order chi connectivity index (χ0) is 28.5. The van der Waals surface area contributed by atoms with Gasteiger partial charge in [-0.05, 0) is 66.2 Å². The monoisotopic (exact) mass is 665 g/mol. The van der Waals surface area contributed by atoms with Gasteiger partial charge in [0.05, 0.1) is 26.6 Å². The second-order valence-corrected chi connectivity index (χ2v) is 11.2. The maximum Gasteiger partial charge on any atom is 0.312 e. The second kappa shape index (κ2) is 11.6. The highest BCUT2D eigenvalue weighted by Gasteiger charge is 2.19. The van der Waals surface area contributed by atoms with Crippen LogP contribution in [0.5, 0.6) is 0 Å². The number of benzene rings is 4. The predicted octanol–water partition coefficient (Wildman–Crippen LogP) is 9.17. The minimum absolute atomic E-state index is 0.0791. The number of hydrogen-bond donors (Lipinski definition) is 2. The first-order chi connectivity index (χ1) is 19.9. The fourth-order valence-corrected chi connectivity index (χ4v) is 5.32. The Kier molecular flexibility index (Phi) is 7.73. The van der Waals surface area contributed by atoms with Gasteiger partial charge in [-0.1, -0.05) is 75.0 Å². The molecule has 0 atom stereocenters. The molecular weight excluding hydrogens is 649 g/mol. The molecule has 6 aromatic rings. The SMILES string of the molecule is O=c1c2cc(Br)ccc2nc(Cc2ccccc2Nc2c(Cl)cccc2Cl)n1-c1nc(Nc2ccc(Cl)cc2)co1. The van der Waals surface area contributed by atoms with E-state index in [1.807, 2.05) is 42.5 Å². The van der Waals surface area contributed by atoms with Crippen LogP contribution >= 0.6 is 50.7 Å². The number of nitrogens with zero attached hydrogens (tertiary/aromatic N) is 3. The van der Waals surface area contributed by atoms with Crippen molar-refractivity contribution in [2.24, 2.45) is 0 Å². The smallest absolute Gasteiger partial charge is 0.312 e. The first kappa shape index (κ1) is 27.4. The fraction of sp³-hybridized carbons (Fsp3) is 0.0333. The second-order valence-electron chi connectivity index (χ2n) is 9.03. The molecule has 11 heteroatoms. The highest BCUT2D eigenvalue weighted by molar-refractivity contribution is 9.10. The number of halogens is 4. The molecule has 0 amide bonds. The van der Waals surface area contributed by atoms with Crippen molar-refractivity contribution >= 4 is 84.5 Å². The highest BCUT2D eigenvalue weighted by Crippen LogP contribution is 2.34. The van der Waals surface area contributed by atoms with E-state index < -0.39 is 0 Å². The van der Waals surface area contributed by atoms with Crippen molar-refractivity contribution in [3.8, 4) is 6.01 Å². The van der Waals surface area contributed by atoms with E-state index in [4.69, 9.17) is 44.2 Å². The third kappa shape index (κ3) is 5.83. The van der Waals surface area contributed by atoms with E-state index in [-0.39, 0.29) is 18.0 Å². The Morgan fingerprint density at radius 2 is 1.61 bits per heavy atom. The van der Waals surface area contributed by atoms with Gasteiger partial charge in [0.15, 0.2) is 5.82 Å². The van der Waals surface area contributed by atoms with Gasteiger partial charge in [-0.2, -0.15) is 4.98 Å². The number of nitrogens with one attached hydrogen (secondary N) is 2. The third-order valence-electron chi connectivity index (χ3n) is 6.29. The average molecular weight is 668 g/mol. The molecule has 2 heterocycles. The van der Waals surface area contributed by atoms with E-state index in [0.717, 1.165) is 21.4 Å². The van der Waals surface area contributed by atoms with Gasteiger partial charge in [-0.3, -0.25) is 4.79 Å². The van der Waals surface area contributed by atoms with Crippen LogP contribution in [0.15, 0.2) is 105 Å². The van der Waals surface area contributed by atoms with Crippen LogP contribution in [0.1, 0.15) is 11.4 Å². The zero-order valence-electron chi connectivity index (χ0n) is 21.0. The van der Waals surface area contributed by atoms with Crippen molar-refractivity contribution in [1.82, 2.24) is 14.5 Å². The summed E-state index contributed by atoms with van der Waals surface area (Å²) < 4.78 is 7.95. The van der Waals surface area contributed by atoms with Crippen LogP contribution in [0.2, 0.25) is 15.1 Å². The van der Waals surface area contributed by atoms with Gasteiger partial charge >= 0.3 is 6.01 Å². The number of oxazole rings is 1.